The Balaban J connectivity index is 2.19. The van der Waals surface area contributed by atoms with Crippen LogP contribution in [0.25, 0.3) is 0 Å². The van der Waals surface area contributed by atoms with Crippen molar-refractivity contribution < 1.29 is 5.11 Å². The molecule has 1 aromatic carbocycles. The minimum atomic E-state index is -0.180. The fourth-order valence-electron chi connectivity index (χ4n) is 2.27. The summed E-state index contributed by atoms with van der Waals surface area (Å²) >= 11 is 8.48. The fourth-order valence-corrected chi connectivity index (χ4v) is 3.16. The van der Waals surface area contributed by atoms with Gasteiger partial charge in [-0.15, -0.1) is 0 Å². The van der Waals surface area contributed by atoms with Crippen LogP contribution in [0.15, 0.2) is 22.7 Å². The lowest BCUT2D eigenvalue weighted by molar-refractivity contribution is 0.0971. The monoisotopic (exact) mass is 328 g/mol. The van der Waals surface area contributed by atoms with Crippen molar-refractivity contribution in [2.24, 2.45) is 11.7 Å². The molecule has 1 heterocycles. The highest BCUT2D eigenvalue weighted by atomic mass is 79.9. The van der Waals surface area contributed by atoms with Gasteiger partial charge in [-0.05, 0) is 46.5 Å². The largest absolute Gasteiger partial charge is 0.393 e. The van der Waals surface area contributed by atoms with E-state index in [0.29, 0.717) is 10.9 Å². The molecule has 1 aliphatic heterocycles. The smallest absolute Gasteiger partial charge is 0.105 e. The van der Waals surface area contributed by atoms with Gasteiger partial charge in [0.2, 0.25) is 0 Å². The molecular formula is C13H17BrN2OS. The molecule has 3 nitrogen and oxygen atoms in total. The molecule has 0 radical (unpaired) electrons. The van der Waals surface area contributed by atoms with Crippen LogP contribution in [-0.4, -0.2) is 29.3 Å². The average molecular weight is 329 g/mol. The molecule has 0 bridgehead atoms. The molecule has 0 aliphatic carbocycles. The quantitative estimate of drug-likeness (QED) is 0.818. The highest BCUT2D eigenvalue weighted by Crippen LogP contribution is 2.27. The fraction of sp³-hybridized carbons (Fsp3) is 0.462. The Morgan fingerprint density at radius 2 is 2.28 bits per heavy atom. The van der Waals surface area contributed by atoms with Gasteiger partial charge in [0.1, 0.15) is 4.99 Å². The Morgan fingerprint density at radius 3 is 2.83 bits per heavy atom. The van der Waals surface area contributed by atoms with Gasteiger partial charge < -0.3 is 15.7 Å². The SMILES string of the molecule is CC1CN(c2ccc(C(N)=S)c(Br)c2)CCC1O. The summed E-state index contributed by atoms with van der Waals surface area (Å²) in [6.07, 6.45) is 0.635. The maximum Gasteiger partial charge on any atom is 0.105 e. The van der Waals surface area contributed by atoms with E-state index in [9.17, 15) is 5.11 Å². The third-order valence-electron chi connectivity index (χ3n) is 3.44. The van der Waals surface area contributed by atoms with Gasteiger partial charge in [0.25, 0.3) is 0 Å². The summed E-state index contributed by atoms with van der Waals surface area (Å²) < 4.78 is 0.922. The number of nitrogens with zero attached hydrogens (tertiary/aromatic N) is 1. The van der Waals surface area contributed by atoms with Crippen molar-refractivity contribution in [3.63, 3.8) is 0 Å². The van der Waals surface area contributed by atoms with E-state index in [1.807, 2.05) is 18.2 Å². The number of hydrogen-bond acceptors (Lipinski definition) is 3. The van der Waals surface area contributed by atoms with Crippen molar-refractivity contribution in [1.82, 2.24) is 0 Å². The van der Waals surface area contributed by atoms with Crippen LogP contribution in [0, 0.1) is 5.92 Å². The van der Waals surface area contributed by atoms with Crippen LogP contribution >= 0.6 is 28.1 Å². The number of nitrogens with two attached hydrogens (primary N) is 1. The summed E-state index contributed by atoms with van der Waals surface area (Å²) in [6.45, 7) is 3.83. The standard InChI is InChI=1S/C13H17BrN2OS/c1-8-7-16(5-4-12(8)17)9-2-3-10(13(15)18)11(14)6-9/h2-3,6,8,12,17H,4-5,7H2,1H3,(H2,15,18). The molecule has 2 unspecified atom stereocenters. The van der Waals surface area contributed by atoms with E-state index in [4.69, 9.17) is 18.0 Å². The van der Waals surface area contributed by atoms with E-state index in [-0.39, 0.29) is 6.10 Å². The van der Waals surface area contributed by atoms with Crippen LogP contribution < -0.4 is 10.6 Å². The predicted molar refractivity (Wildman–Crippen MR) is 82.0 cm³/mol. The van der Waals surface area contributed by atoms with Crippen LogP contribution in [0.2, 0.25) is 0 Å². The van der Waals surface area contributed by atoms with E-state index < -0.39 is 0 Å². The summed E-state index contributed by atoms with van der Waals surface area (Å²) in [6, 6.07) is 6.01. The van der Waals surface area contributed by atoms with Gasteiger partial charge in [0.05, 0.1) is 6.10 Å². The number of aliphatic hydroxyl groups is 1. The molecule has 0 amide bonds. The summed E-state index contributed by atoms with van der Waals surface area (Å²) in [4.78, 5) is 2.68. The second-order valence-corrected chi connectivity index (χ2v) is 6.10. The third-order valence-corrected chi connectivity index (χ3v) is 4.32. The predicted octanol–water partition coefficient (Wildman–Crippen LogP) is 2.29. The van der Waals surface area contributed by atoms with Crippen LogP contribution in [0.3, 0.4) is 0 Å². The first-order valence-electron chi connectivity index (χ1n) is 6.01. The van der Waals surface area contributed by atoms with Crippen LogP contribution in [0.5, 0.6) is 0 Å². The molecule has 5 heteroatoms. The minimum absolute atomic E-state index is 0.180. The van der Waals surface area contributed by atoms with E-state index in [0.717, 1.165) is 35.2 Å². The first-order chi connectivity index (χ1) is 8.49. The lowest BCUT2D eigenvalue weighted by atomic mass is 9.96. The first-order valence-corrected chi connectivity index (χ1v) is 7.21. The molecule has 18 heavy (non-hydrogen) atoms. The Morgan fingerprint density at radius 1 is 1.56 bits per heavy atom. The molecular weight excluding hydrogens is 312 g/mol. The van der Waals surface area contributed by atoms with Crippen molar-refractivity contribution >= 4 is 38.8 Å². The Hall–Kier alpha value is -0.650. The molecule has 1 aliphatic rings. The van der Waals surface area contributed by atoms with Gasteiger partial charge in [0.15, 0.2) is 0 Å². The number of hydrogen-bond donors (Lipinski definition) is 2. The van der Waals surface area contributed by atoms with Crippen molar-refractivity contribution in [3.05, 3.63) is 28.2 Å². The van der Waals surface area contributed by atoms with Gasteiger partial charge in [0, 0.05) is 28.8 Å². The lowest BCUT2D eigenvalue weighted by Crippen LogP contribution is -2.41. The number of thiocarbonyl (C=S) groups is 1. The Labute approximate surface area is 121 Å². The molecule has 3 N–H and O–H groups in total. The minimum Gasteiger partial charge on any atom is -0.393 e. The normalized spacial score (nSPS) is 24.1. The zero-order valence-electron chi connectivity index (χ0n) is 10.3. The second kappa shape index (κ2) is 5.55. The topological polar surface area (TPSA) is 49.5 Å². The second-order valence-electron chi connectivity index (χ2n) is 4.81. The molecule has 2 rings (SSSR count). The van der Waals surface area contributed by atoms with Crippen molar-refractivity contribution in [2.75, 3.05) is 18.0 Å². The van der Waals surface area contributed by atoms with Gasteiger partial charge in [-0.1, -0.05) is 19.1 Å². The van der Waals surface area contributed by atoms with Gasteiger partial charge >= 0.3 is 0 Å². The van der Waals surface area contributed by atoms with Crippen molar-refractivity contribution in [3.8, 4) is 0 Å². The summed E-state index contributed by atoms with van der Waals surface area (Å²) in [5, 5.41) is 9.74. The molecule has 0 saturated carbocycles. The van der Waals surface area contributed by atoms with E-state index in [1.165, 1.54) is 0 Å². The molecule has 0 spiro atoms. The average Bonchev–Trinajstić information content (AvgIpc) is 2.32. The number of anilines is 1. The molecule has 1 saturated heterocycles. The Bertz CT molecular complexity index is 466. The van der Waals surface area contributed by atoms with E-state index >= 15 is 0 Å². The van der Waals surface area contributed by atoms with Crippen molar-refractivity contribution in [2.45, 2.75) is 19.4 Å². The maximum absolute atomic E-state index is 9.74. The highest BCUT2D eigenvalue weighted by Gasteiger charge is 2.24. The number of rotatable bonds is 2. The first kappa shape index (κ1) is 13.8. The van der Waals surface area contributed by atoms with Gasteiger partial charge in [-0.25, -0.2) is 0 Å². The maximum atomic E-state index is 9.74. The Kier molecular flexibility index (Phi) is 4.25. The summed E-state index contributed by atoms with van der Waals surface area (Å²) in [7, 11) is 0. The van der Waals surface area contributed by atoms with Crippen LogP contribution in [0.4, 0.5) is 5.69 Å². The number of aliphatic hydroxyl groups excluding tert-OH is 1. The number of benzene rings is 1. The van der Waals surface area contributed by atoms with Gasteiger partial charge in [-0.3, -0.25) is 0 Å². The number of piperidine rings is 1. The molecule has 1 aromatic rings. The third kappa shape index (κ3) is 2.84. The van der Waals surface area contributed by atoms with Crippen molar-refractivity contribution in [1.29, 1.82) is 0 Å². The van der Waals surface area contributed by atoms with Crippen LogP contribution in [-0.2, 0) is 0 Å². The zero-order chi connectivity index (χ0) is 13.3. The van der Waals surface area contributed by atoms with Gasteiger partial charge in [-0.2, -0.15) is 0 Å². The van der Waals surface area contributed by atoms with E-state index in [2.05, 4.69) is 27.8 Å². The van der Waals surface area contributed by atoms with E-state index in [1.54, 1.807) is 0 Å². The lowest BCUT2D eigenvalue weighted by Gasteiger charge is -2.36. The highest BCUT2D eigenvalue weighted by molar-refractivity contribution is 9.10. The number of halogens is 1. The molecule has 0 aromatic heterocycles. The summed E-state index contributed by atoms with van der Waals surface area (Å²) in [5.74, 6) is 0.299. The zero-order valence-corrected chi connectivity index (χ0v) is 12.7. The van der Waals surface area contributed by atoms with Crippen LogP contribution in [0.1, 0.15) is 18.9 Å². The molecule has 98 valence electrons. The molecule has 2 atom stereocenters. The molecule has 1 fully saturated rings. The summed E-state index contributed by atoms with van der Waals surface area (Å²) in [5.41, 5.74) is 7.64.